The van der Waals surface area contributed by atoms with E-state index in [9.17, 15) is 4.79 Å². The third-order valence-electron chi connectivity index (χ3n) is 2.65. The van der Waals surface area contributed by atoms with Crippen LogP contribution in [0.2, 0.25) is 5.02 Å². The van der Waals surface area contributed by atoms with Crippen molar-refractivity contribution in [1.82, 2.24) is 10.2 Å². The van der Waals surface area contributed by atoms with E-state index in [-0.39, 0.29) is 5.91 Å². The monoisotopic (exact) mass is 290 g/mol. The molecule has 0 bridgehead atoms. The quantitative estimate of drug-likeness (QED) is 0.908. The Labute approximate surface area is 122 Å². The summed E-state index contributed by atoms with van der Waals surface area (Å²) in [7, 11) is 0. The topological polar surface area (TPSA) is 66.9 Å². The number of aryl methyl sites for hydroxylation is 2. The van der Waals surface area contributed by atoms with Crippen molar-refractivity contribution in [3.05, 3.63) is 40.4 Å². The standard InChI is InChI=1S/C14H15ClN4O/c1-8-6-9(2)14(11(15)7-8)17-13-5-4-12(18-19-13)16-10(3)20/h4-7H,1-3H3,(H,17,19)(H,16,18,20). The number of halogens is 1. The van der Waals surface area contributed by atoms with E-state index in [1.54, 1.807) is 12.1 Å². The van der Waals surface area contributed by atoms with Crippen LogP contribution >= 0.6 is 11.6 Å². The molecule has 1 aromatic heterocycles. The highest BCUT2D eigenvalue weighted by Crippen LogP contribution is 2.29. The third-order valence-corrected chi connectivity index (χ3v) is 2.95. The van der Waals surface area contributed by atoms with Gasteiger partial charge < -0.3 is 10.6 Å². The van der Waals surface area contributed by atoms with E-state index in [1.807, 2.05) is 26.0 Å². The average Bonchev–Trinajstić information content (AvgIpc) is 2.35. The lowest BCUT2D eigenvalue weighted by Gasteiger charge is -2.11. The molecular weight excluding hydrogens is 276 g/mol. The van der Waals surface area contributed by atoms with E-state index >= 15 is 0 Å². The van der Waals surface area contributed by atoms with Crippen LogP contribution in [0.25, 0.3) is 0 Å². The highest BCUT2D eigenvalue weighted by Gasteiger charge is 2.07. The summed E-state index contributed by atoms with van der Waals surface area (Å²) in [5.74, 6) is 0.792. The molecule has 2 N–H and O–H groups in total. The molecule has 5 nitrogen and oxygen atoms in total. The van der Waals surface area contributed by atoms with Crippen LogP contribution in [0, 0.1) is 13.8 Å². The smallest absolute Gasteiger partial charge is 0.222 e. The molecule has 1 heterocycles. The second kappa shape index (κ2) is 5.88. The second-order valence-electron chi connectivity index (χ2n) is 4.55. The van der Waals surface area contributed by atoms with Crippen LogP contribution in [0.1, 0.15) is 18.1 Å². The van der Waals surface area contributed by atoms with Gasteiger partial charge in [-0.3, -0.25) is 4.79 Å². The maximum Gasteiger partial charge on any atom is 0.222 e. The van der Waals surface area contributed by atoms with E-state index in [0.29, 0.717) is 16.7 Å². The number of nitrogens with one attached hydrogen (secondary N) is 2. The van der Waals surface area contributed by atoms with E-state index in [4.69, 9.17) is 11.6 Å². The Morgan fingerprint density at radius 2 is 1.80 bits per heavy atom. The van der Waals surface area contributed by atoms with E-state index in [0.717, 1.165) is 16.8 Å². The Morgan fingerprint density at radius 3 is 2.35 bits per heavy atom. The number of hydrogen-bond acceptors (Lipinski definition) is 4. The van der Waals surface area contributed by atoms with E-state index in [1.165, 1.54) is 6.92 Å². The predicted molar refractivity (Wildman–Crippen MR) is 80.5 cm³/mol. The summed E-state index contributed by atoms with van der Waals surface area (Å²) in [5.41, 5.74) is 2.94. The van der Waals surface area contributed by atoms with Crippen LogP contribution in [0.4, 0.5) is 17.3 Å². The fraction of sp³-hybridized carbons (Fsp3) is 0.214. The molecule has 0 aliphatic rings. The lowest BCUT2D eigenvalue weighted by Crippen LogP contribution is -2.08. The number of hydrogen-bond donors (Lipinski definition) is 2. The number of rotatable bonds is 3. The summed E-state index contributed by atoms with van der Waals surface area (Å²) in [5, 5.41) is 14.2. The Hall–Kier alpha value is -2.14. The first-order valence-corrected chi connectivity index (χ1v) is 6.48. The van der Waals surface area contributed by atoms with Gasteiger partial charge in [0, 0.05) is 6.92 Å². The summed E-state index contributed by atoms with van der Waals surface area (Å²) < 4.78 is 0. The molecule has 0 aliphatic carbocycles. The molecule has 20 heavy (non-hydrogen) atoms. The van der Waals surface area contributed by atoms with Crippen LogP contribution in [0.15, 0.2) is 24.3 Å². The maximum absolute atomic E-state index is 10.9. The van der Waals surface area contributed by atoms with Gasteiger partial charge in [0.15, 0.2) is 11.6 Å². The first kappa shape index (κ1) is 14.3. The Kier molecular flexibility index (Phi) is 4.20. The number of carbonyl (C=O) groups excluding carboxylic acids is 1. The second-order valence-corrected chi connectivity index (χ2v) is 4.96. The summed E-state index contributed by atoms with van der Waals surface area (Å²) >= 11 is 6.22. The fourth-order valence-corrected chi connectivity index (χ4v) is 2.22. The van der Waals surface area contributed by atoms with Crippen molar-refractivity contribution in [3.63, 3.8) is 0 Å². The van der Waals surface area contributed by atoms with E-state index in [2.05, 4.69) is 20.8 Å². The first-order chi connectivity index (χ1) is 9.45. The Morgan fingerprint density at radius 1 is 1.15 bits per heavy atom. The van der Waals surface area contributed by atoms with Gasteiger partial charge >= 0.3 is 0 Å². The summed E-state index contributed by atoms with van der Waals surface area (Å²) in [6.07, 6.45) is 0. The molecule has 2 rings (SSSR count). The number of anilines is 3. The molecule has 1 aromatic carbocycles. The number of aromatic nitrogens is 2. The van der Waals surface area contributed by atoms with Gasteiger partial charge in [-0.2, -0.15) is 0 Å². The predicted octanol–water partition coefficient (Wildman–Crippen LogP) is 3.45. The van der Waals surface area contributed by atoms with Crippen molar-refractivity contribution in [2.24, 2.45) is 0 Å². The molecule has 0 saturated heterocycles. The third kappa shape index (κ3) is 3.45. The molecule has 0 radical (unpaired) electrons. The molecule has 0 spiro atoms. The Balaban J connectivity index is 2.20. The van der Waals surface area contributed by atoms with Gasteiger partial charge in [0.05, 0.1) is 10.7 Å². The van der Waals surface area contributed by atoms with Crippen molar-refractivity contribution in [2.45, 2.75) is 20.8 Å². The minimum absolute atomic E-state index is 0.183. The molecule has 6 heteroatoms. The average molecular weight is 291 g/mol. The van der Waals surface area contributed by atoms with Crippen LogP contribution < -0.4 is 10.6 Å². The lowest BCUT2D eigenvalue weighted by atomic mass is 10.1. The minimum Gasteiger partial charge on any atom is -0.337 e. The van der Waals surface area contributed by atoms with Gasteiger partial charge in [0.1, 0.15) is 0 Å². The van der Waals surface area contributed by atoms with Crippen LogP contribution in [-0.4, -0.2) is 16.1 Å². The van der Waals surface area contributed by atoms with Crippen LogP contribution in [0.3, 0.4) is 0 Å². The van der Waals surface area contributed by atoms with Gasteiger partial charge in [0.25, 0.3) is 0 Å². The molecule has 2 aromatic rings. The minimum atomic E-state index is -0.183. The molecule has 1 amide bonds. The molecular formula is C14H15ClN4O. The number of amides is 1. The molecule has 0 fully saturated rings. The fourth-order valence-electron chi connectivity index (χ4n) is 1.85. The van der Waals surface area contributed by atoms with Gasteiger partial charge in [0.2, 0.25) is 5.91 Å². The van der Waals surface area contributed by atoms with Crippen molar-refractivity contribution in [3.8, 4) is 0 Å². The Bertz CT molecular complexity index is 617. The van der Waals surface area contributed by atoms with Crippen molar-refractivity contribution in [2.75, 3.05) is 10.6 Å². The van der Waals surface area contributed by atoms with E-state index < -0.39 is 0 Å². The SMILES string of the molecule is CC(=O)Nc1ccc(Nc2c(C)cc(C)cc2Cl)nn1. The zero-order chi connectivity index (χ0) is 14.7. The first-order valence-electron chi connectivity index (χ1n) is 6.11. The number of benzene rings is 1. The molecule has 0 saturated carbocycles. The van der Waals surface area contributed by atoms with Gasteiger partial charge in [-0.1, -0.05) is 17.7 Å². The van der Waals surface area contributed by atoms with Gasteiger partial charge in [-0.25, -0.2) is 0 Å². The number of carbonyl (C=O) groups is 1. The van der Waals surface area contributed by atoms with Crippen LogP contribution in [-0.2, 0) is 4.79 Å². The lowest BCUT2D eigenvalue weighted by molar-refractivity contribution is -0.114. The van der Waals surface area contributed by atoms with Crippen LogP contribution in [0.5, 0.6) is 0 Å². The highest BCUT2D eigenvalue weighted by atomic mass is 35.5. The molecule has 0 unspecified atom stereocenters. The van der Waals surface area contributed by atoms with Crippen molar-refractivity contribution in [1.29, 1.82) is 0 Å². The molecule has 0 aliphatic heterocycles. The normalized spacial score (nSPS) is 10.2. The number of nitrogens with zero attached hydrogens (tertiary/aromatic N) is 2. The maximum atomic E-state index is 10.9. The van der Waals surface area contributed by atoms with Crippen molar-refractivity contribution >= 4 is 34.8 Å². The summed E-state index contributed by atoms with van der Waals surface area (Å²) in [4.78, 5) is 10.9. The van der Waals surface area contributed by atoms with Gasteiger partial charge in [-0.05, 0) is 43.2 Å². The zero-order valence-electron chi connectivity index (χ0n) is 11.5. The summed E-state index contributed by atoms with van der Waals surface area (Å²) in [6, 6.07) is 7.32. The summed E-state index contributed by atoms with van der Waals surface area (Å²) in [6.45, 7) is 5.38. The van der Waals surface area contributed by atoms with Gasteiger partial charge in [-0.15, -0.1) is 10.2 Å². The molecule has 0 atom stereocenters. The van der Waals surface area contributed by atoms with Crippen molar-refractivity contribution < 1.29 is 4.79 Å². The highest BCUT2D eigenvalue weighted by molar-refractivity contribution is 6.33. The zero-order valence-corrected chi connectivity index (χ0v) is 12.2. The molecule has 104 valence electrons. The largest absolute Gasteiger partial charge is 0.337 e.